The van der Waals surface area contributed by atoms with Crippen molar-refractivity contribution in [2.45, 2.75) is 18.9 Å². The van der Waals surface area contributed by atoms with E-state index in [1.807, 2.05) is 23.9 Å². The fourth-order valence-electron chi connectivity index (χ4n) is 3.70. The lowest BCUT2D eigenvalue weighted by molar-refractivity contribution is 0.261. The molecular formula is C19H22FN5O. The number of benzene rings is 1. The van der Waals surface area contributed by atoms with E-state index in [1.165, 1.54) is 12.1 Å². The number of phenolic OH excluding ortho intramolecular Hbond substituents is 1. The van der Waals surface area contributed by atoms with Gasteiger partial charge in [-0.25, -0.2) is 4.39 Å². The van der Waals surface area contributed by atoms with Crippen molar-refractivity contribution in [3.05, 3.63) is 36.3 Å². The Morgan fingerprint density at radius 3 is 2.85 bits per heavy atom. The summed E-state index contributed by atoms with van der Waals surface area (Å²) in [7, 11) is 4.08. The highest BCUT2D eigenvalue weighted by Gasteiger charge is 2.21. The van der Waals surface area contributed by atoms with Crippen molar-refractivity contribution in [1.29, 1.82) is 0 Å². The third kappa shape index (κ3) is 2.99. The third-order valence-electron chi connectivity index (χ3n) is 4.98. The van der Waals surface area contributed by atoms with Gasteiger partial charge < -0.3 is 19.9 Å². The molecule has 1 atom stereocenters. The van der Waals surface area contributed by atoms with Crippen molar-refractivity contribution < 1.29 is 9.50 Å². The average Bonchev–Trinajstić information content (AvgIpc) is 2.98. The van der Waals surface area contributed by atoms with E-state index in [-0.39, 0.29) is 5.75 Å². The van der Waals surface area contributed by atoms with E-state index in [0.717, 1.165) is 48.7 Å². The summed E-state index contributed by atoms with van der Waals surface area (Å²) in [4.78, 5) is 2.31. The first-order valence-electron chi connectivity index (χ1n) is 8.78. The summed E-state index contributed by atoms with van der Waals surface area (Å²) in [5.74, 6) is 0.112. The summed E-state index contributed by atoms with van der Waals surface area (Å²) >= 11 is 0. The number of hydrogen-bond donors (Lipinski definition) is 2. The summed E-state index contributed by atoms with van der Waals surface area (Å²) in [6.45, 7) is 2.08. The van der Waals surface area contributed by atoms with Gasteiger partial charge in [0, 0.05) is 42.8 Å². The van der Waals surface area contributed by atoms with Crippen LogP contribution in [0.4, 0.5) is 10.2 Å². The molecule has 0 amide bonds. The zero-order chi connectivity index (χ0) is 18.3. The Hall–Kier alpha value is -2.67. The summed E-state index contributed by atoms with van der Waals surface area (Å²) < 4.78 is 15.3. The lowest BCUT2D eigenvalue weighted by atomic mass is 10.1. The zero-order valence-corrected chi connectivity index (χ0v) is 14.9. The van der Waals surface area contributed by atoms with Gasteiger partial charge in [0.1, 0.15) is 17.3 Å². The lowest BCUT2D eigenvalue weighted by Gasteiger charge is -2.30. The standard InChI is InChI=1S/C19H22FN5O/c1-24-8-3-4-13(11-24)21-19-18-15(7-9-25(18)2)17(22-23-19)14-6-5-12(20)10-16(14)26/h5-7,9-10,13,26H,3-4,8,11H2,1-2H3,(H,21,23)/t13-/m1/s1. The number of fused-ring (bicyclic) bond motifs is 1. The van der Waals surface area contributed by atoms with Gasteiger partial charge >= 0.3 is 0 Å². The minimum absolute atomic E-state index is 0.140. The highest BCUT2D eigenvalue weighted by Crippen LogP contribution is 2.35. The molecule has 0 spiro atoms. The Balaban J connectivity index is 1.76. The number of phenols is 1. The highest BCUT2D eigenvalue weighted by atomic mass is 19.1. The second-order valence-electron chi connectivity index (χ2n) is 6.99. The quantitative estimate of drug-likeness (QED) is 0.756. The van der Waals surface area contributed by atoms with Crippen LogP contribution in [0.25, 0.3) is 22.2 Å². The number of likely N-dealkylation sites (N-methyl/N-ethyl adjacent to an activating group) is 1. The van der Waals surface area contributed by atoms with Gasteiger partial charge in [-0.1, -0.05) is 0 Å². The van der Waals surface area contributed by atoms with Crippen LogP contribution in [0.5, 0.6) is 5.75 Å². The molecule has 2 N–H and O–H groups in total. The molecule has 7 heteroatoms. The molecule has 0 unspecified atom stereocenters. The average molecular weight is 355 g/mol. The van der Waals surface area contributed by atoms with Crippen molar-refractivity contribution in [2.24, 2.45) is 7.05 Å². The Morgan fingerprint density at radius 2 is 2.08 bits per heavy atom. The molecule has 0 saturated carbocycles. The van der Waals surface area contributed by atoms with E-state index >= 15 is 0 Å². The number of piperidine rings is 1. The van der Waals surface area contributed by atoms with Crippen LogP contribution in [0.15, 0.2) is 30.5 Å². The first-order chi connectivity index (χ1) is 12.5. The van der Waals surface area contributed by atoms with E-state index in [2.05, 4.69) is 27.5 Å². The van der Waals surface area contributed by atoms with Crippen molar-refractivity contribution in [3.8, 4) is 17.0 Å². The SMILES string of the molecule is CN1CCC[C@@H](Nc2nnc(-c3ccc(F)cc3O)c3ccn(C)c23)C1. The van der Waals surface area contributed by atoms with Gasteiger partial charge in [-0.2, -0.15) is 0 Å². The largest absolute Gasteiger partial charge is 0.507 e. The minimum Gasteiger partial charge on any atom is -0.507 e. The van der Waals surface area contributed by atoms with E-state index in [9.17, 15) is 9.50 Å². The number of aryl methyl sites for hydroxylation is 1. The smallest absolute Gasteiger partial charge is 0.173 e. The number of hydrogen-bond acceptors (Lipinski definition) is 5. The van der Waals surface area contributed by atoms with Crippen LogP contribution in [-0.4, -0.2) is 50.9 Å². The van der Waals surface area contributed by atoms with Crippen LogP contribution in [0.1, 0.15) is 12.8 Å². The number of halogens is 1. The highest BCUT2D eigenvalue weighted by molar-refractivity contribution is 5.99. The molecule has 0 bridgehead atoms. The topological polar surface area (TPSA) is 66.2 Å². The van der Waals surface area contributed by atoms with Gasteiger partial charge in [0.05, 0.1) is 5.52 Å². The van der Waals surface area contributed by atoms with E-state index in [4.69, 9.17) is 0 Å². The molecule has 0 radical (unpaired) electrons. The Labute approximate surface area is 151 Å². The predicted octanol–water partition coefficient (Wildman–Crippen LogP) is 2.99. The number of likely N-dealkylation sites (tertiary alicyclic amines) is 1. The predicted molar refractivity (Wildman–Crippen MR) is 99.7 cm³/mol. The fraction of sp³-hybridized carbons (Fsp3) is 0.368. The maximum absolute atomic E-state index is 13.3. The summed E-state index contributed by atoms with van der Waals surface area (Å²) in [5.41, 5.74) is 1.94. The molecule has 1 aromatic carbocycles. The first kappa shape index (κ1) is 16.8. The van der Waals surface area contributed by atoms with Gasteiger partial charge in [0.2, 0.25) is 0 Å². The van der Waals surface area contributed by atoms with Crippen molar-refractivity contribution in [2.75, 3.05) is 25.5 Å². The monoisotopic (exact) mass is 355 g/mol. The second-order valence-corrected chi connectivity index (χ2v) is 6.99. The van der Waals surface area contributed by atoms with Gasteiger partial charge in [-0.15, -0.1) is 10.2 Å². The Bertz CT molecular complexity index is 954. The van der Waals surface area contributed by atoms with Crippen molar-refractivity contribution in [1.82, 2.24) is 19.7 Å². The second kappa shape index (κ2) is 6.57. The molecule has 3 heterocycles. The number of nitrogens with one attached hydrogen (secondary N) is 1. The van der Waals surface area contributed by atoms with Crippen molar-refractivity contribution >= 4 is 16.7 Å². The maximum atomic E-state index is 13.3. The van der Waals surface area contributed by atoms with Gasteiger partial charge in [-0.3, -0.25) is 0 Å². The van der Waals surface area contributed by atoms with Crippen LogP contribution in [0.3, 0.4) is 0 Å². The van der Waals surface area contributed by atoms with Crippen LogP contribution < -0.4 is 5.32 Å². The fourth-order valence-corrected chi connectivity index (χ4v) is 3.70. The van der Waals surface area contributed by atoms with E-state index in [0.29, 0.717) is 17.3 Å². The summed E-state index contributed by atoms with van der Waals surface area (Å²) in [5, 5.41) is 23.3. The Morgan fingerprint density at radius 1 is 1.23 bits per heavy atom. The Kier molecular flexibility index (Phi) is 4.24. The molecule has 0 aliphatic carbocycles. The number of aromatic nitrogens is 3. The van der Waals surface area contributed by atoms with E-state index in [1.54, 1.807) is 0 Å². The molecule has 26 heavy (non-hydrogen) atoms. The molecule has 6 nitrogen and oxygen atoms in total. The number of nitrogens with zero attached hydrogens (tertiary/aromatic N) is 4. The lowest BCUT2D eigenvalue weighted by Crippen LogP contribution is -2.40. The molecule has 2 aromatic heterocycles. The molecule has 4 rings (SSSR count). The van der Waals surface area contributed by atoms with Gasteiger partial charge in [0.15, 0.2) is 5.82 Å². The van der Waals surface area contributed by atoms with Gasteiger partial charge in [0.25, 0.3) is 0 Å². The van der Waals surface area contributed by atoms with Gasteiger partial charge in [-0.05, 0) is 44.6 Å². The molecule has 136 valence electrons. The molecule has 3 aromatic rings. The number of anilines is 1. The maximum Gasteiger partial charge on any atom is 0.173 e. The van der Waals surface area contributed by atoms with E-state index < -0.39 is 5.82 Å². The van der Waals surface area contributed by atoms with Crippen LogP contribution in [0, 0.1) is 5.82 Å². The molecular weight excluding hydrogens is 333 g/mol. The molecule has 1 saturated heterocycles. The third-order valence-corrected chi connectivity index (χ3v) is 4.98. The van der Waals surface area contributed by atoms with Crippen LogP contribution in [-0.2, 0) is 7.05 Å². The molecule has 1 aliphatic heterocycles. The molecule has 1 fully saturated rings. The van der Waals surface area contributed by atoms with Crippen LogP contribution in [0.2, 0.25) is 0 Å². The van der Waals surface area contributed by atoms with Crippen molar-refractivity contribution in [3.63, 3.8) is 0 Å². The minimum atomic E-state index is -0.483. The van der Waals surface area contributed by atoms with Crippen LogP contribution >= 0.6 is 0 Å². The summed E-state index contributed by atoms with van der Waals surface area (Å²) in [6.07, 6.45) is 4.19. The normalized spacial score (nSPS) is 18.3. The number of rotatable bonds is 3. The summed E-state index contributed by atoms with van der Waals surface area (Å²) in [6, 6.07) is 6.21. The molecule has 1 aliphatic rings. The zero-order valence-electron chi connectivity index (χ0n) is 14.9. The number of aromatic hydroxyl groups is 1. The first-order valence-corrected chi connectivity index (χ1v) is 8.78.